The topological polar surface area (TPSA) is 67.5 Å². The van der Waals surface area contributed by atoms with Gasteiger partial charge >= 0.3 is 0 Å². The number of halogens is 1. The lowest BCUT2D eigenvalue weighted by Crippen LogP contribution is -2.42. The van der Waals surface area contributed by atoms with Crippen LogP contribution in [0.25, 0.3) is 11.0 Å². The van der Waals surface area contributed by atoms with E-state index in [1.165, 1.54) is 12.1 Å². The average molecular weight is 383 g/mol. The third kappa shape index (κ3) is 3.93. The van der Waals surface area contributed by atoms with Gasteiger partial charge < -0.3 is 19.4 Å². The van der Waals surface area contributed by atoms with Crippen molar-refractivity contribution >= 4 is 16.9 Å². The standard InChI is InChI=1S/C21H22FN3O3/c1-27-16-5-2-6-17(11-16)28-13-14-4-3-9-25(12-14)21(26)20-23-18-8-7-15(22)10-19(18)24-20/h2,5-8,10-11,14H,3-4,9,12-13H2,1H3,(H,23,24). The van der Waals surface area contributed by atoms with E-state index < -0.39 is 0 Å². The average Bonchev–Trinajstić information content (AvgIpc) is 3.15. The van der Waals surface area contributed by atoms with Gasteiger partial charge in [0.2, 0.25) is 0 Å². The van der Waals surface area contributed by atoms with Crippen molar-refractivity contribution in [3.8, 4) is 11.5 Å². The molecule has 7 heteroatoms. The summed E-state index contributed by atoms with van der Waals surface area (Å²) in [7, 11) is 1.62. The van der Waals surface area contributed by atoms with Crippen molar-refractivity contribution in [1.29, 1.82) is 0 Å². The van der Waals surface area contributed by atoms with E-state index in [2.05, 4.69) is 9.97 Å². The van der Waals surface area contributed by atoms with Gasteiger partial charge in [0.25, 0.3) is 5.91 Å². The molecule has 1 aliphatic rings. The van der Waals surface area contributed by atoms with Gasteiger partial charge in [-0.05, 0) is 43.2 Å². The molecule has 4 rings (SSSR count). The van der Waals surface area contributed by atoms with Crippen LogP contribution < -0.4 is 9.47 Å². The van der Waals surface area contributed by atoms with Crippen LogP contribution in [-0.2, 0) is 0 Å². The number of amides is 1. The van der Waals surface area contributed by atoms with Crippen LogP contribution in [0, 0.1) is 11.7 Å². The summed E-state index contributed by atoms with van der Waals surface area (Å²) >= 11 is 0. The van der Waals surface area contributed by atoms with Crippen LogP contribution in [0.2, 0.25) is 0 Å². The Labute approximate surface area is 162 Å². The maximum Gasteiger partial charge on any atom is 0.289 e. The summed E-state index contributed by atoms with van der Waals surface area (Å²) in [4.78, 5) is 21.9. The maximum atomic E-state index is 13.4. The minimum absolute atomic E-state index is 0.164. The first-order chi connectivity index (χ1) is 13.6. The Kier molecular flexibility index (Phi) is 5.14. The van der Waals surface area contributed by atoms with Gasteiger partial charge in [-0.1, -0.05) is 6.07 Å². The minimum atomic E-state index is -0.358. The van der Waals surface area contributed by atoms with Crippen LogP contribution in [0.4, 0.5) is 4.39 Å². The third-order valence-corrected chi connectivity index (χ3v) is 4.98. The van der Waals surface area contributed by atoms with Gasteiger partial charge in [0.1, 0.15) is 17.3 Å². The van der Waals surface area contributed by atoms with E-state index in [9.17, 15) is 9.18 Å². The molecule has 1 amide bonds. The monoisotopic (exact) mass is 383 g/mol. The molecule has 6 nitrogen and oxygen atoms in total. The lowest BCUT2D eigenvalue weighted by molar-refractivity contribution is 0.0622. The second-order valence-corrected chi connectivity index (χ2v) is 7.00. The van der Waals surface area contributed by atoms with Crippen LogP contribution in [-0.4, -0.2) is 47.6 Å². The Morgan fingerprint density at radius 3 is 3.00 bits per heavy atom. The summed E-state index contributed by atoms with van der Waals surface area (Å²) in [6.07, 6.45) is 1.91. The molecule has 1 fully saturated rings. The van der Waals surface area contributed by atoms with Gasteiger partial charge in [-0.15, -0.1) is 0 Å². The number of piperidine rings is 1. The van der Waals surface area contributed by atoms with Crippen molar-refractivity contribution in [3.05, 3.63) is 54.1 Å². The molecule has 1 N–H and O–H groups in total. The van der Waals surface area contributed by atoms with E-state index in [1.54, 1.807) is 18.1 Å². The minimum Gasteiger partial charge on any atom is -0.497 e. The van der Waals surface area contributed by atoms with E-state index in [4.69, 9.17) is 9.47 Å². The van der Waals surface area contributed by atoms with Crippen molar-refractivity contribution in [2.75, 3.05) is 26.8 Å². The molecule has 1 aliphatic heterocycles. The SMILES string of the molecule is COc1cccc(OCC2CCCN(C(=O)c3nc4ccc(F)cc4[nH]3)C2)c1. The number of fused-ring (bicyclic) bond motifs is 1. The number of rotatable bonds is 5. The quantitative estimate of drug-likeness (QED) is 0.730. The van der Waals surface area contributed by atoms with Gasteiger partial charge in [0.05, 0.1) is 24.8 Å². The molecule has 0 radical (unpaired) electrons. The Hall–Kier alpha value is -3.09. The lowest BCUT2D eigenvalue weighted by Gasteiger charge is -2.32. The number of methoxy groups -OCH3 is 1. The molecule has 146 valence electrons. The number of hydrogen-bond acceptors (Lipinski definition) is 4. The molecule has 0 spiro atoms. The van der Waals surface area contributed by atoms with Gasteiger partial charge in [0.15, 0.2) is 5.82 Å². The molecule has 1 unspecified atom stereocenters. The zero-order valence-corrected chi connectivity index (χ0v) is 15.7. The fourth-order valence-electron chi connectivity index (χ4n) is 3.52. The Balaban J connectivity index is 1.40. The molecule has 1 atom stereocenters. The molecule has 0 bridgehead atoms. The van der Waals surface area contributed by atoms with Crippen LogP contribution in [0.3, 0.4) is 0 Å². The maximum absolute atomic E-state index is 13.4. The molecule has 0 saturated carbocycles. The summed E-state index contributed by atoms with van der Waals surface area (Å²) in [5.74, 6) is 1.47. The molecular weight excluding hydrogens is 361 g/mol. The third-order valence-electron chi connectivity index (χ3n) is 4.98. The first-order valence-electron chi connectivity index (χ1n) is 9.34. The summed E-state index contributed by atoms with van der Waals surface area (Å²) in [5, 5.41) is 0. The molecule has 2 aromatic carbocycles. The largest absolute Gasteiger partial charge is 0.497 e. The van der Waals surface area contributed by atoms with Gasteiger partial charge in [-0.2, -0.15) is 0 Å². The zero-order valence-electron chi connectivity index (χ0n) is 15.7. The number of hydrogen-bond donors (Lipinski definition) is 1. The van der Waals surface area contributed by atoms with Crippen LogP contribution in [0.15, 0.2) is 42.5 Å². The zero-order chi connectivity index (χ0) is 19.5. The molecule has 2 heterocycles. The number of nitrogens with one attached hydrogen (secondary N) is 1. The number of imidazole rings is 1. The van der Waals surface area contributed by atoms with E-state index >= 15 is 0 Å². The Bertz CT molecular complexity index is 988. The molecule has 3 aromatic rings. The van der Waals surface area contributed by atoms with Crippen molar-refractivity contribution in [3.63, 3.8) is 0 Å². The summed E-state index contributed by atoms with van der Waals surface area (Å²) in [6, 6.07) is 11.7. The van der Waals surface area contributed by atoms with Gasteiger partial charge in [0, 0.05) is 25.1 Å². The van der Waals surface area contributed by atoms with E-state index in [0.717, 1.165) is 24.3 Å². The highest BCUT2D eigenvalue weighted by Crippen LogP contribution is 2.23. The Morgan fingerprint density at radius 1 is 1.29 bits per heavy atom. The van der Waals surface area contributed by atoms with Crippen LogP contribution in [0.5, 0.6) is 11.5 Å². The second kappa shape index (κ2) is 7.88. The number of carbonyl (C=O) groups excluding carboxylic acids is 1. The van der Waals surface area contributed by atoms with Crippen molar-refractivity contribution < 1.29 is 18.7 Å². The summed E-state index contributed by atoms with van der Waals surface area (Å²) in [5.41, 5.74) is 1.11. The first-order valence-corrected chi connectivity index (χ1v) is 9.34. The number of ether oxygens (including phenoxy) is 2. The van der Waals surface area contributed by atoms with Crippen molar-refractivity contribution in [2.45, 2.75) is 12.8 Å². The highest BCUT2D eigenvalue weighted by molar-refractivity contribution is 5.94. The van der Waals surface area contributed by atoms with Gasteiger partial charge in [-0.25, -0.2) is 9.37 Å². The number of carbonyl (C=O) groups is 1. The second-order valence-electron chi connectivity index (χ2n) is 7.00. The smallest absolute Gasteiger partial charge is 0.289 e. The number of aromatic nitrogens is 2. The lowest BCUT2D eigenvalue weighted by atomic mass is 9.99. The highest BCUT2D eigenvalue weighted by atomic mass is 19.1. The highest BCUT2D eigenvalue weighted by Gasteiger charge is 2.26. The summed E-state index contributed by atoms with van der Waals surface area (Å²) < 4.78 is 24.5. The number of likely N-dealkylation sites (tertiary alicyclic amines) is 1. The predicted molar refractivity (Wildman–Crippen MR) is 103 cm³/mol. The van der Waals surface area contributed by atoms with Gasteiger partial charge in [-0.3, -0.25) is 4.79 Å². The normalized spacial score (nSPS) is 16.9. The van der Waals surface area contributed by atoms with Crippen LogP contribution >= 0.6 is 0 Å². The van der Waals surface area contributed by atoms with Crippen LogP contribution in [0.1, 0.15) is 23.5 Å². The predicted octanol–water partition coefficient (Wildman–Crippen LogP) is 3.64. The molecule has 1 saturated heterocycles. The summed E-state index contributed by atoms with van der Waals surface area (Å²) in [6.45, 7) is 1.82. The fraction of sp³-hybridized carbons (Fsp3) is 0.333. The van der Waals surface area contributed by atoms with E-state index in [0.29, 0.717) is 30.7 Å². The van der Waals surface area contributed by atoms with Crippen molar-refractivity contribution in [2.24, 2.45) is 5.92 Å². The van der Waals surface area contributed by atoms with E-state index in [1.807, 2.05) is 24.3 Å². The first kappa shape index (κ1) is 18.3. The number of benzene rings is 2. The molecule has 0 aliphatic carbocycles. The number of nitrogens with zero attached hydrogens (tertiary/aromatic N) is 2. The number of H-pyrrole nitrogens is 1. The molecular formula is C21H22FN3O3. The molecule has 1 aromatic heterocycles. The molecule has 28 heavy (non-hydrogen) atoms. The Morgan fingerprint density at radius 2 is 2.14 bits per heavy atom. The van der Waals surface area contributed by atoms with Crippen molar-refractivity contribution in [1.82, 2.24) is 14.9 Å². The van der Waals surface area contributed by atoms with E-state index in [-0.39, 0.29) is 23.5 Å². The number of aromatic amines is 1. The fourth-order valence-corrected chi connectivity index (χ4v) is 3.52.